The van der Waals surface area contributed by atoms with Crippen LogP contribution < -0.4 is 9.64 Å². The highest BCUT2D eigenvalue weighted by Crippen LogP contribution is 2.45. The molecule has 1 unspecified atom stereocenters. The second-order valence-electron chi connectivity index (χ2n) is 9.02. The molecule has 1 aliphatic rings. The fourth-order valence-corrected chi connectivity index (χ4v) is 5.73. The Morgan fingerprint density at radius 2 is 1.86 bits per heavy atom. The van der Waals surface area contributed by atoms with Gasteiger partial charge in [-0.1, -0.05) is 48.6 Å². The summed E-state index contributed by atoms with van der Waals surface area (Å²) in [5.74, 6) is -1.88. The average Bonchev–Trinajstić information content (AvgIpc) is 3.41. The predicted octanol–water partition coefficient (Wildman–Crippen LogP) is 6.47. The number of aliphatic hydroxyl groups is 1. The first-order valence-corrected chi connectivity index (χ1v) is 12.8. The summed E-state index contributed by atoms with van der Waals surface area (Å²) >= 11 is 1.29. The molecule has 0 spiro atoms. The van der Waals surface area contributed by atoms with E-state index in [1.807, 2.05) is 32.9 Å². The monoisotopic (exact) mass is 516 g/mol. The molecule has 6 nitrogen and oxygen atoms in total. The lowest BCUT2D eigenvalue weighted by molar-refractivity contribution is -0.132. The van der Waals surface area contributed by atoms with E-state index in [-0.39, 0.29) is 11.3 Å². The third kappa shape index (κ3) is 4.49. The van der Waals surface area contributed by atoms with Crippen molar-refractivity contribution in [3.63, 3.8) is 0 Å². The van der Waals surface area contributed by atoms with Gasteiger partial charge in [-0.3, -0.25) is 14.5 Å². The minimum absolute atomic E-state index is 0.0867. The van der Waals surface area contributed by atoms with Crippen molar-refractivity contribution in [2.75, 3.05) is 11.5 Å². The summed E-state index contributed by atoms with van der Waals surface area (Å²) in [6, 6.07) is 15.3. The van der Waals surface area contributed by atoms with E-state index in [0.717, 1.165) is 27.8 Å². The number of hydrogen-bond donors (Lipinski definition) is 1. The number of anilines is 1. The highest BCUT2D eigenvalue weighted by atomic mass is 32.1. The minimum Gasteiger partial charge on any atom is -0.507 e. The van der Waals surface area contributed by atoms with Crippen LogP contribution in [0.1, 0.15) is 41.6 Å². The number of hydrogen-bond acceptors (Lipinski definition) is 6. The molecule has 1 aromatic heterocycles. The first kappa shape index (κ1) is 24.6. The number of aromatic nitrogens is 1. The Morgan fingerprint density at radius 1 is 1.11 bits per heavy atom. The fraction of sp³-hybridized carbons (Fsp3) is 0.207. The number of carbonyl (C=O) groups is 2. The largest absolute Gasteiger partial charge is 0.507 e. The summed E-state index contributed by atoms with van der Waals surface area (Å²) in [5.41, 5.74) is 3.49. The van der Waals surface area contributed by atoms with E-state index < -0.39 is 23.5 Å². The number of amides is 1. The smallest absolute Gasteiger partial charge is 0.301 e. The topological polar surface area (TPSA) is 79.7 Å². The molecule has 1 N–H and O–H groups in total. The van der Waals surface area contributed by atoms with Gasteiger partial charge < -0.3 is 9.84 Å². The number of thiazole rings is 1. The Kier molecular flexibility index (Phi) is 6.52. The fourth-order valence-electron chi connectivity index (χ4n) is 4.56. The van der Waals surface area contributed by atoms with Crippen LogP contribution in [0.2, 0.25) is 0 Å². The number of nitrogens with zero attached hydrogens (tertiary/aromatic N) is 2. The van der Waals surface area contributed by atoms with E-state index in [9.17, 15) is 19.1 Å². The second kappa shape index (κ2) is 9.78. The van der Waals surface area contributed by atoms with E-state index in [4.69, 9.17) is 9.72 Å². The zero-order valence-corrected chi connectivity index (χ0v) is 21.4. The normalized spacial score (nSPS) is 17.1. The molecule has 5 rings (SSSR count). The molecule has 1 aliphatic heterocycles. The molecule has 1 atom stereocenters. The van der Waals surface area contributed by atoms with E-state index in [1.54, 1.807) is 24.3 Å². The molecule has 2 heterocycles. The van der Waals surface area contributed by atoms with Crippen molar-refractivity contribution >= 4 is 44.1 Å². The van der Waals surface area contributed by atoms with Gasteiger partial charge in [-0.05, 0) is 67.3 Å². The van der Waals surface area contributed by atoms with Crippen LogP contribution in [0.4, 0.5) is 9.52 Å². The number of aliphatic hydroxyl groups excluding tert-OH is 1. The van der Waals surface area contributed by atoms with Gasteiger partial charge in [0.05, 0.1) is 28.4 Å². The van der Waals surface area contributed by atoms with Gasteiger partial charge in [0.2, 0.25) is 0 Å². The molecule has 1 amide bonds. The number of ketones is 1. The lowest BCUT2D eigenvalue weighted by Gasteiger charge is -2.23. The van der Waals surface area contributed by atoms with Gasteiger partial charge in [0, 0.05) is 5.56 Å². The molecule has 188 valence electrons. The summed E-state index contributed by atoms with van der Waals surface area (Å²) in [6.07, 6.45) is 0.813. The molecular formula is C29H25FN2O4S. The van der Waals surface area contributed by atoms with Crippen LogP contribution in [0.5, 0.6) is 5.75 Å². The minimum atomic E-state index is -0.984. The molecule has 4 aromatic rings. The average molecular weight is 517 g/mol. The van der Waals surface area contributed by atoms with E-state index in [1.165, 1.54) is 40.5 Å². The van der Waals surface area contributed by atoms with Crippen LogP contribution in [0.15, 0.2) is 66.2 Å². The quantitative estimate of drug-likeness (QED) is 0.181. The van der Waals surface area contributed by atoms with Crippen LogP contribution in [0.25, 0.3) is 16.0 Å². The molecule has 0 saturated carbocycles. The maximum Gasteiger partial charge on any atom is 0.301 e. The van der Waals surface area contributed by atoms with Crippen molar-refractivity contribution in [2.45, 2.75) is 33.2 Å². The van der Waals surface area contributed by atoms with E-state index in [2.05, 4.69) is 0 Å². The standard InChI is InChI=1S/C29H25FN2O4S/c1-4-12-36-21-7-5-6-19(15-21)26(33)23-25(18-8-10-20(30)11-9-18)32(28(35)27(23)34)29-31-24-17(3)13-16(2)14-22(24)37-29/h5-11,13-15,25,33H,4,12H2,1-3H3/b26-23+. The summed E-state index contributed by atoms with van der Waals surface area (Å²) in [7, 11) is 0. The Morgan fingerprint density at radius 3 is 2.59 bits per heavy atom. The molecule has 0 bridgehead atoms. The van der Waals surface area contributed by atoms with Gasteiger partial charge in [0.25, 0.3) is 5.78 Å². The van der Waals surface area contributed by atoms with Crippen molar-refractivity contribution in [1.82, 2.24) is 4.98 Å². The summed E-state index contributed by atoms with van der Waals surface area (Å²) in [4.78, 5) is 32.9. The van der Waals surface area contributed by atoms with Gasteiger partial charge in [0.15, 0.2) is 5.13 Å². The lowest BCUT2D eigenvalue weighted by Crippen LogP contribution is -2.29. The molecule has 0 aliphatic carbocycles. The van der Waals surface area contributed by atoms with Crippen LogP contribution in [0.3, 0.4) is 0 Å². The number of fused-ring (bicyclic) bond motifs is 1. The zero-order valence-electron chi connectivity index (χ0n) is 20.6. The molecule has 0 radical (unpaired) electrons. The Hall–Kier alpha value is -4.04. The predicted molar refractivity (Wildman–Crippen MR) is 143 cm³/mol. The van der Waals surface area contributed by atoms with Crippen molar-refractivity contribution in [3.8, 4) is 5.75 Å². The number of Topliss-reactive ketones (excluding diaryl/α,β-unsaturated/α-hetero) is 1. The molecule has 3 aromatic carbocycles. The van der Waals surface area contributed by atoms with Gasteiger partial charge in [-0.2, -0.15) is 0 Å². The van der Waals surface area contributed by atoms with Crippen LogP contribution >= 0.6 is 11.3 Å². The number of ether oxygens (including phenoxy) is 1. The number of aryl methyl sites for hydroxylation is 2. The zero-order chi connectivity index (χ0) is 26.3. The van der Waals surface area contributed by atoms with Crippen molar-refractivity contribution in [3.05, 3.63) is 94.3 Å². The summed E-state index contributed by atoms with van der Waals surface area (Å²) < 4.78 is 20.4. The van der Waals surface area contributed by atoms with Gasteiger partial charge in [0.1, 0.15) is 17.3 Å². The Bertz CT molecular complexity index is 1560. The molecule has 1 saturated heterocycles. The van der Waals surface area contributed by atoms with Gasteiger partial charge >= 0.3 is 5.91 Å². The lowest BCUT2D eigenvalue weighted by atomic mass is 9.95. The van der Waals surface area contributed by atoms with E-state index in [0.29, 0.717) is 28.6 Å². The summed E-state index contributed by atoms with van der Waals surface area (Å²) in [5, 5.41) is 11.7. The highest BCUT2D eigenvalue weighted by Gasteiger charge is 2.48. The maximum atomic E-state index is 13.8. The molecule has 1 fully saturated rings. The third-order valence-corrected chi connectivity index (χ3v) is 7.24. The van der Waals surface area contributed by atoms with E-state index >= 15 is 0 Å². The Labute approximate surface area is 217 Å². The number of rotatable bonds is 6. The molecule has 37 heavy (non-hydrogen) atoms. The third-order valence-electron chi connectivity index (χ3n) is 6.24. The van der Waals surface area contributed by atoms with Crippen molar-refractivity contribution < 1.29 is 23.8 Å². The highest BCUT2D eigenvalue weighted by molar-refractivity contribution is 7.22. The van der Waals surface area contributed by atoms with Gasteiger partial charge in [-0.15, -0.1) is 0 Å². The number of benzene rings is 3. The first-order chi connectivity index (χ1) is 17.8. The second-order valence-corrected chi connectivity index (χ2v) is 10.0. The first-order valence-electron chi connectivity index (χ1n) is 12.0. The summed E-state index contributed by atoms with van der Waals surface area (Å²) in [6.45, 7) is 6.41. The Balaban J connectivity index is 1.69. The maximum absolute atomic E-state index is 13.8. The van der Waals surface area contributed by atoms with Crippen LogP contribution in [-0.4, -0.2) is 28.4 Å². The number of halogens is 1. The molecular weight excluding hydrogens is 491 g/mol. The number of carbonyl (C=O) groups excluding carboxylic acids is 2. The van der Waals surface area contributed by atoms with Crippen molar-refractivity contribution in [2.24, 2.45) is 0 Å². The van der Waals surface area contributed by atoms with Crippen LogP contribution in [-0.2, 0) is 9.59 Å². The van der Waals surface area contributed by atoms with Crippen LogP contribution in [0, 0.1) is 19.7 Å². The molecule has 8 heteroatoms. The SMILES string of the molecule is CCCOc1cccc(/C(O)=C2\C(=O)C(=O)N(c3nc4c(C)cc(C)cc4s3)C2c2ccc(F)cc2)c1. The van der Waals surface area contributed by atoms with Gasteiger partial charge in [-0.25, -0.2) is 9.37 Å². The van der Waals surface area contributed by atoms with Crippen molar-refractivity contribution in [1.29, 1.82) is 0 Å².